The van der Waals surface area contributed by atoms with Gasteiger partial charge in [0.15, 0.2) is 0 Å². The molecule has 0 bridgehead atoms. The SMILES string of the molecule is CNCCc1ccc(-c2cccc(F)c2)s1. The van der Waals surface area contributed by atoms with E-state index in [0.717, 1.165) is 23.4 Å². The minimum absolute atomic E-state index is 0.178. The van der Waals surface area contributed by atoms with Gasteiger partial charge < -0.3 is 5.32 Å². The third-order valence-electron chi connectivity index (χ3n) is 2.39. The molecule has 1 aromatic heterocycles. The van der Waals surface area contributed by atoms with Gasteiger partial charge in [0.25, 0.3) is 0 Å². The Morgan fingerprint density at radius 3 is 2.88 bits per heavy atom. The summed E-state index contributed by atoms with van der Waals surface area (Å²) < 4.78 is 13.1. The Bertz CT molecular complexity index is 464. The Morgan fingerprint density at radius 2 is 2.12 bits per heavy atom. The Labute approximate surface area is 98.9 Å². The second-order valence-electron chi connectivity index (χ2n) is 3.63. The molecule has 0 fully saturated rings. The maximum atomic E-state index is 13.1. The lowest BCUT2D eigenvalue weighted by atomic mass is 10.2. The lowest BCUT2D eigenvalue weighted by Gasteiger charge is -1.97. The smallest absolute Gasteiger partial charge is 0.123 e. The molecule has 1 heterocycles. The van der Waals surface area contributed by atoms with Crippen molar-refractivity contribution in [2.75, 3.05) is 13.6 Å². The number of thiophene rings is 1. The number of rotatable bonds is 4. The molecule has 0 radical (unpaired) electrons. The van der Waals surface area contributed by atoms with Crippen molar-refractivity contribution >= 4 is 11.3 Å². The lowest BCUT2D eigenvalue weighted by Crippen LogP contribution is -2.09. The molecule has 16 heavy (non-hydrogen) atoms. The van der Waals surface area contributed by atoms with Crippen LogP contribution in [0.15, 0.2) is 36.4 Å². The Kier molecular flexibility index (Phi) is 3.70. The minimum Gasteiger partial charge on any atom is -0.319 e. The highest BCUT2D eigenvalue weighted by Crippen LogP contribution is 2.28. The van der Waals surface area contributed by atoms with E-state index in [2.05, 4.69) is 17.4 Å². The summed E-state index contributed by atoms with van der Waals surface area (Å²) in [7, 11) is 1.95. The van der Waals surface area contributed by atoms with Gasteiger partial charge in [0.05, 0.1) is 0 Å². The van der Waals surface area contributed by atoms with Gasteiger partial charge in [0.1, 0.15) is 5.82 Å². The van der Waals surface area contributed by atoms with E-state index in [4.69, 9.17) is 0 Å². The number of likely N-dealkylation sites (N-methyl/N-ethyl adjacent to an activating group) is 1. The van der Waals surface area contributed by atoms with Crippen molar-refractivity contribution in [3.05, 3.63) is 47.1 Å². The van der Waals surface area contributed by atoms with Crippen LogP contribution in [0.2, 0.25) is 0 Å². The first kappa shape index (κ1) is 11.3. The molecule has 0 aliphatic heterocycles. The second-order valence-corrected chi connectivity index (χ2v) is 4.80. The summed E-state index contributed by atoms with van der Waals surface area (Å²) in [6, 6.07) is 10.9. The highest BCUT2D eigenvalue weighted by molar-refractivity contribution is 7.15. The molecule has 0 saturated heterocycles. The molecular weight excluding hydrogens is 221 g/mol. The van der Waals surface area contributed by atoms with E-state index in [9.17, 15) is 4.39 Å². The summed E-state index contributed by atoms with van der Waals surface area (Å²) in [6.45, 7) is 0.975. The third-order valence-corrected chi connectivity index (χ3v) is 3.59. The minimum atomic E-state index is -0.178. The quantitative estimate of drug-likeness (QED) is 0.857. The van der Waals surface area contributed by atoms with Gasteiger partial charge in [-0.1, -0.05) is 12.1 Å². The summed E-state index contributed by atoms with van der Waals surface area (Å²) in [6.07, 6.45) is 1.02. The molecule has 84 valence electrons. The summed E-state index contributed by atoms with van der Waals surface area (Å²) in [5.41, 5.74) is 0.959. The normalized spacial score (nSPS) is 10.6. The summed E-state index contributed by atoms with van der Waals surface area (Å²) in [5, 5.41) is 3.12. The van der Waals surface area contributed by atoms with Gasteiger partial charge in [0.2, 0.25) is 0 Å². The molecule has 0 saturated carbocycles. The first-order valence-electron chi connectivity index (χ1n) is 5.29. The lowest BCUT2D eigenvalue weighted by molar-refractivity contribution is 0.628. The van der Waals surface area contributed by atoms with Crippen LogP contribution < -0.4 is 5.32 Å². The van der Waals surface area contributed by atoms with Crippen LogP contribution in [0.25, 0.3) is 10.4 Å². The highest BCUT2D eigenvalue weighted by atomic mass is 32.1. The fraction of sp³-hybridized carbons (Fsp3) is 0.231. The topological polar surface area (TPSA) is 12.0 Å². The average Bonchev–Trinajstić information content (AvgIpc) is 2.75. The van der Waals surface area contributed by atoms with Crippen molar-refractivity contribution in [3.63, 3.8) is 0 Å². The first-order valence-corrected chi connectivity index (χ1v) is 6.10. The molecule has 0 aliphatic rings. The maximum absolute atomic E-state index is 13.1. The number of hydrogen-bond donors (Lipinski definition) is 1. The zero-order valence-corrected chi connectivity index (χ0v) is 9.98. The van der Waals surface area contributed by atoms with Crippen molar-refractivity contribution in [2.45, 2.75) is 6.42 Å². The van der Waals surface area contributed by atoms with E-state index in [1.165, 1.54) is 10.9 Å². The molecule has 2 aromatic rings. The van der Waals surface area contributed by atoms with E-state index in [1.54, 1.807) is 23.5 Å². The van der Waals surface area contributed by atoms with E-state index >= 15 is 0 Å². The van der Waals surface area contributed by atoms with Gasteiger partial charge in [0, 0.05) is 9.75 Å². The molecular formula is C13H14FNS. The molecule has 3 heteroatoms. The van der Waals surface area contributed by atoms with Crippen LogP contribution >= 0.6 is 11.3 Å². The standard InChI is InChI=1S/C13H14FNS/c1-15-8-7-12-5-6-13(16-12)10-3-2-4-11(14)9-10/h2-6,9,15H,7-8H2,1H3. The molecule has 2 rings (SSSR count). The van der Waals surface area contributed by atoms with Crippen molar-refractivity contribution < 1.29 is 4.39 Å². The second kappa shape index (κ2) is 5.23. The molecule has 0 amide bonds. The van der Waals surface area contributed by atoms with E-state index in [-0.39, 0.29) is 5.82 Å². The molecule has 0 spiro atoms. The predicted molar refractivity (Wildman–Crippen MR) is 67.3 cm³/mol. The highest BCUT2D eigenvalue weighted by Gasteiger charge is 2.03. The van der Waals surface area contributed by atoms with Crippen molar-refractivity contribution in [1.29, 1.82) is 0 Å². The Hall–Kier alpha value is -1.19. The number of hydrogen-bond acceptors (Lipinski definition) is 2. The largest absolute Gasteiger partial charge is 0.319 e. The van der Waals surface area contributed by atoms with E-state index < -0.39 is 0 Å². The van der Waals surface area contributed by atoms with Crippen molar-refractivity contribution in [1.82, 2.24) is 5.32 Å². The monoisotopic (exact) mass is 235 g/mol. The Balaban J connectivity index is 2.18. The predicted octanol–water partition coefficient (Wildman–Crippen LogP) is 3.32. The van der Waals surface area contributed by atoms with Crippen LogP contribution in [0, 0.1) is 5.82 Å². The third kappa shape index (κ3) is 2.68. The summed E-state index contributed by atoms with van der Waals surface area (Å²) >= 11 is 1.73. The van der Waals surface area contributed by atoms with Gasteiger partial charge in [-0.15, -0.1) is 11.3 Å². The van der Waals surface area contributed by atoms with Crippen LogP contribution in [-0.2, 0) is 6.42 Å². The molecule has 1 N–H and O–H groups in total. The van der Waals surface area contributed by atoms with Gasteiger partial charge >= 0.3 is 0 Å². The molecule has 0 unspecified atom stereocenters. The first-order chi connectivity index (χ1) is 7.79. The maximum Gasteiger partial charge on any atom is 0.123 e. The van der Waals surface area contributed by atoms with Gasteiger partial charge in [-0.25, -0.2) is 4.39 Å². The fourth-order valence-corrected chi connectivity index (χ4v) is 2.56. The molecule has 0 aliphatic carbocycles. The van der Waals surface area contributed by atoms with Crippen molar-refractivity contribution in [3.8, 4) is 10.4 Å². The zero-order chi connectivity index (χ0) is 11.4. The zero-order valence-electron chi connectivity index (χ0n) is 9.16. The molecule has 1 aromatic carbocycles. The number of benzene rings is 1. The summed E-state index contributed by atoms with van der Waals surface area (Å²) in [5.74, 6) is -0.178. The van der Waals surface area contributed by atoms with Crippen molar-refractivity contribution in [2.24, 2.45) is 0 Å². The number of halogens is 1. The molecule has 0 atom stereocenters. The van der Waals surface area contributed by atoms with Crippen LogP contribution in [0.5, 0.6) is 0 Å². The molecule has 1 nitrogen and oxygen atoms in total. The summed E-state index contributed by atoms with van der Waals surface area (Å²) in [4.78, 5) is 2.46. The van der Waals surface area contributed by atoms with Crippen LogP contribution in [0.3, 0.4) is 0 Å². The average molecular weight is 235 g/mol. The Morgan fingerprint density at radius 1 is 1.25 bits per heavy atom. The van der Waals surface area contributed by atoms with Gasteiger partial charge in [-0.3, -0.25) is 0 Å². The number of nitrogens with one attached hydrogen (secondary N) is 1. The van der Waals surface area contributed by atoms with Gasteiger partial charge in [-0.05, 0) is 49.8 Å². The van der Waals surface area contributed by atoms with Crippen LogP contribution in [0.1, 0.15) is 4.88 Å². The fourth-order valence-electron chi connectivity index (χ4n) is 1.56. The van der Waals surface area contributed by atoms with Gasteiger partial charge in [-0.2, -0.15) is 0 Å². The van der Waals surface area contributed by atoms with E-state index in [0.29, 0.717) is 0 Å². The van der Waals surface area contributed by atoms with E-state index in [1.807, 2.05) is 13.1 Å². The van der Waals surface area contributed by atoms with Crippen LogP contribution in [-0.4, -0.2) is 13.6 Å². The van der Waals surface area contributed by atoms with Crippen LogP contribution in [0.4, 0.5) is 4.39 Å².